The molecular formula is C17H19FN2O4S2. The molecule has 1 saturated carbocycles. The molecule has 0 amide bonds. The summed E-state index contributed by atoms with van der Waals surface area (Å²) in [5.41, 5.74) is 0.614. The molecule has 2 N–H and O–H groups in total. The number of hydrogen-bond donors (Lipinski definition) is 2. The van der Waals surface area contributed by atoms with Crippen molar-refractivity contribution in [2.75, 3.05) is 0 Å². The molecule has 1 aliphatic rings. The van der Waals surface area contributed by atoms with Gasteiger partial charge >= 0.3 is 0 Å². The Balaban J connectivity index is 1.75. The number of benzene rings is 2. The van der Waals surface area contributed by atoms with E-state index >= 15 is 0 Å². The Morgan fingerprint density at radius 1 is 0.885 bits per heavy atom. The van der Waals surface area contributed by atoms with Gasteiger partial charge in [-0.15, -0.1) is 0 Å². The van der Waals surface area contributed by atoms with E-state index in [9.17, 15) is 21.2 Å². The van der Waals surface area contributed by atoms with Crippen molar-refractivity contribution < 1.29 is 21.2 Å². The van der Waals surface area contributed by atoms with Crippen LogP contribution < -0.4 is 9.44 Å². The van der Waals surface area contributed by atoms with Crippen LogP contribution in [0.15, 0.2) is 58.3 Å². The topological polar surface area (TPSA) is 92.3 Å². The minimum Gasteiger partial charge on any atom is -0.208 e. The van der Waals surface area contributed by atoms with Crippen molar-refractivity contribution in [1.29, 1.82) is 0 Å². The van der Waals surface area contributed by atoms with Crippen molar-refractivity contribution in [2.24, 2.45) is 0 Å². The molecule has 9 heteroatoms. The van der Waals surface area contributed by atoms with E-state index in [0.717, 1.165) is 12.8 Å². The number of nitrogens with one attached hydrogen (secondary N) is 2. The maximum absolute atomic E-state index is 13.0. The van der Waals surface area contributed by atoms with Crippen LogP contribution in [0.1, 0.15) is 31.4 Å². The lowest BCUT2D eigenvalue weighted by Gasteiger charge is -2.15. The van der Waals surface area contributed by atoms with Crippen molar-refractivity contribution in [2.45, 2.75) is 41.6 Å². The number of hydrogen-bond acceptors (Lipinski definition) is 4. The standard InChI is InChI=1S/C17H19FN2O4S2/c1-12(13-2-4-14(18)5-3-13)19-25(21,22)16-8-10-17(11-9-16)26(23,24)20-15-6-7-15/h2-5,8-12,15,19-20H,6-7H2,1H3. The molecule has 1 fully saturated rings. The monoisotopic (exact) mass is 398 g/mol. The lowest BCUT2D eigenvalue weighted by Crippen LogP contribution is -2.27. The van der Waals surface area contributed by atoms with Gasteiger partial charge in [-0.2, -0.15) is 0 Å². The largest absolute Gasteiger partial charge is 0.241 e. The van der Waals surface area contributed by atoms with Gasteiger partial charge in [0.15, 0.2) is 0 Å². The summed E-state index contributed by atoms with van der Waals surface area (Å²) in [6.07, 6.45) is 1.63. The third kappa shape index (κ3) is 4.47. The zero-order valence-electron chi connectivity index (χ0n) is 14.0. The average Bonchev–Trinajstić information content (AvgIpc) is 3.38. The second-order valence-corrected chi connectivity index (χ2v) is 9.69. The van der Waals surface area contributed by atoms with Crippen LogP contribution in [0.4, 0.5) is 4.39 Å². The van der Waals surface area contributed by atoms with E-state index in [1.165, 1.54) is 48.5 Å². The number of rotatable bonds is 7. The van der Waals surface area contributed by atoms with Gasteiger partial charge in [0.05, 0.1) is 9.79 Å². The van der Waals surface area contributed by atoms with Crippen LogP contribution in [0.5, 0.6) is 0 Å². The van der Waals surface area contributed by atoms with Gasteiger partial charge in [-0.3, -0.25) is 0 Å². The minimum atomic E-state index is -3.85. The molecule has 1 unspecified atom stereocenters. The van der Waals surface area contributed by atoms with E-state index in [-0.39, 0.29) is 15.8 Å². The van der Waals surface area contributed by atoms with Crippen molar-refractivity contribution in [3.63, 3.8) is 0 Å². The van der Waals surface area contributed by atoms with Crippen molar-refractivity contribution in [3.8, 4) is 0 Å². The molecule has 0 heterocycles. The molecule has 0 saturated heterocycles. The summed E-state index contributed by atoms with van der Waals surface area (Å²) in [4.78, 5) is -0.0215. The molecule has 6 nitrogen and oxygen atoms in total. The molecule has 0 bridgehead atoms. The molecule has 3 rings (SSSR count). The Morgan fingerprint density at radius 3 is 1.88 bits per heavy atom. The zero-order chi connectivity index (χ0) is 18.9. The van der Waals surface area contributed by atoms with E-state index in [1.54, 1.807) is 6.92 Å². The molecule has 0 aromatic heterocycles. The Labute approximate surface area is 152 Å². The highest BCUT2D eigenvalue weighted by Crippen LogP contribution is 2.23. The fraction of sp³-hybridized carbons (Fsp3) is 0.294. The minimum absolute atomic E-state index is 0.0231. The van der Waals surface area contributed by atoms with Crippen LogP contribution in [0.3, 0.4) is 0 Å². The summed E-state index contributed by atoms with van der Waals surface area (Å²) in [5, 5.41) is 0. The van der Waals surface area contributed by atoms with Crippen LogP contribution in [-0.4, -0.2) is 22.9 Å². The van der Waals surface area contributed by atoms with Gasteiger partial charge in [-0.1, -0.05) is 12.1 Å². The fourth-order valence-electron chi connectivity index (χ4n) is 2.41. The maximum atomic E-state index is 13.0. The molecule has 2 aromatic rings. The molecular weight excluding hydrogens is 379 g/mol. The first-order valence-electron chi connectivity index (χ1n) is 8.07. The van der Waals surface area contributed by atoms with Crippen molar-refractivity contribution in [3.05, 3.63) is 59.9 Å². The highest BCUT2D eigenvalue weighted by Gasteiger charge is 2.28. The third-order valence-electron chi connectivity index (χ3n) is 4.05. The van der Waals surface area contributed by atoms with Gasteiger partial charge in [0.1, 0.15) is 5.82 Å². The number of sulfonamides is 2. The van der Waals surface area contributed by atoms with Gasteiger partial charge in [-0.25, -0.2) is 30.7 Å². The molecule has 1 aliphatic carbocycles. The first-order chi connectivity index (χ1) is 12.2. The van der Waals surface area contributed by atoms with Crippen LogP contribution in [0, 0.1) is 5.82 Å². The van der Waals surface area contributed by atoms with Crippen LogP contribution in [0.25, 0.3) is 0 Å². The Hall–Kier alpha value is -1.81. The summed E-state index contributed by atoms with van der Waals surface area (Å²) >= 11 is 0. The van der Waals surface area contributed by atoms with E-state index in [4.69, 9.17) is 0 Å². The number of halogens is 1. The van der Waals surface area contributed by atoms with E-state index in [0.29, 0.717) is 5.56 Å². The summed E-state index contributed by atoms with van der Waals surface area (Å²) in [5.74, 6) is -0.402. The lowest BCUT2D eigenvalue weighted by molar-refractivity contribution is 0.565. The van der Waals surface area contributed by atoms with Gasteiger partial charge in [-0.05, 0) is 61.7 Å². The summed E-state index contributed by atoms with van der Waals surface area (Å²) in [6, 6.07) is 9.96. The van der Waals surface area contributed by atoms with Crippen LogP contribution >= 0.6 is 0 Å². The highest BCUT2D eigenvalue weighted by atomic mass is 32.2. The molecule has 1 atom stereocenters. The summed E-state index contributed by atoms with van der Waals surface area (Å²) in [7, 11) is -7.48. The Kier molecular flexibility index (Phi) is 5.16. The Morgan fingerprint density at radius 2 is 1.38 bits per heavy atom. The fourth-order valence-corrected chi connectivity index (χ4v) is 4.94. The SMILES string of the molecule is CC(NS(=O)(=O)c1ccc(S(=O)(=O)NC2CC2)cc1)c1ccc(F)cc1. The highest BCUT2D eigenvalue weighted by molar-refractivity contribution is 7.90. The first-order valence-corrected chi connectivity index (χ1v) is 11.0. The third-order valence-corrected chi connectivity index (χ3v) is 7.14. The predicted molar refractivity (Wildman–Crippen MR) is 94.9 cm³/mol. The quantitative estimate of drug-likeness (QED) is 0.749. The van der Waals surface area contributed by atoms with Gasteiger partial charge in [0.2, 0.25) is 20.0 Å². The van der Waals surface area contributed by atoms with Crippen LogP contribution in [-0.2, 0) is 20.0 Å². The second kappa shape index (κ2) is 7.07. The van der Waals surface area contributed by atoms with Gasteiger partial charge < -0.3 is 0 Å². The van der Waals surface area contributed by atoms with Crippen molar-refractivity contribution >= 4 is 20.0 Å². The smallest absolute Gasteiger partial charge is 0.208 e. The van der Waals surface area contributed by atoms with E-state index < -0.39 is 31.9 Å². The van der Waals surface area contributed by atoms with E-state index in [1.807, 2.05) is 0 Å². The maximum Gasteiger partial charge on any atom is 0.241 e. The second-order valence-electron chi connectivity index (χ2n) is 6.26. The molecule has 26 heavy (non-hydrogen) atoms. The molecule has 0 radical (unpaired) electrons. The Bertz CT molecular complexity index is 984. The first kappa shape index (κ1) is 19.0. The van der Waals surface area contributed by atoms with Gasteiger partial charge in [0.25, 0.3) is 0 Å². The van der Waals surface area contributed by atoms with Crippen molar-refractivity contribution in [1.82, 2.24) is 9.44 Å². The normalized spacial score (nSPS) is 16.4. The summed E-state index contributed by atoms with van der Waals surface area (Å²) in [6.45, 7) is 1.64. The van der Waals surface area contributed by atoms with Crippen LogP contribution in [0.2, 0.25) is 0 Å². The van der Waals surface area contributed by atoms with E-state index in [2.05, 4.69) is 9.44 Å². The molecule has 140 valence electrons. The average molecular weight is 398 g/mol. The molecule has 0 spiro atoms. The lowest BCUT2D eigenvalue weighted by atomic mass is 10.1. The molecule has 0 aliphatic heterocycles. The zero-order valence-corrected chi connectivity index (χ0v) is 15.6. The summed E-state index contributed by atoms with van der Waals surface area (Å²) < 4.78 is 67.2. The molecule has 2 aromatic carbocycles. The van der Waals surface area contributed by atoms with Gasteiger partial charge in [0, 0.05) is 12.1 Å². The predicted octanol–water partition coefficient (Wildman–Crippen LogP) is 2.31.